The van der Waals surface area contributed by atoms with Crippen molar-refractivity contribution in [2.24, 2.45) is 0 Å². The van der Waals surface area contributed by atoms with Gasteiger partial charge in [0.1, 0.15) is 11.2 Å². The van der Waals surface area contributed by atoms with Crippen LogP contribution in [-0.4, -0.2) is 15.0 Å². The molecule has 0 saturated heterocycles. The summed E-state index contributed by atoms with van der Waals surface area (Å²) in [6.07, 6.45) is 0. The average Bonchev–Trinajstić information content (AvgIpc) is 3.65. The summed E-state index contributed by atoms with van der Waals surface area (Å²) in [5, 5.41) is 9.07. The van der Waals surface area contributed by atoms with Gasteiger partial charge in [-0.1, -0.05) is 152 Å². The lowest BCUT2D eigenvalue weighted by atomic mass is 9.87. The molecule has 0 amide bonds. The predicted octanol–water partition coefficient (Wildman–Crippen LogP) is 13.7. The van der Waals surface area contributed by atoms with Crippen LogP contribution in [0.3, 0.4) is 0 Å². The molecule has 0 radical (unpaired) electrons. The summed E-state index contributed by atoms with van der Waals surface area (Å²) in [7, 11) is 0. The summed E-state index contributed by atoms with van der Waals surface area (Å²) in [6, 6.07) is 63.9. The number of benzene rings is 9. The number of furan rings is 1. The van der Waals surface area contributed by atoms with Crippen molar-refractivity contribution in [3.63, 3.8) is 0 Å². The zero-order valence-corrected chi connectivity index (χ0v) is 30.0. The van der Waals surface area contributed by atoms with Crippen molar-refractivity contribution >= 4 is 71.3 Å². The van der Waals surface area contributed by atoms with E-state index in [2.05, 4.69) is 144 Å². The fraction of sp³-hybridized carbons (Fsp3) is 0. The minimum atomic E-state index is 0.551. The zero-order valence-electron chi connectivity index (χ0n) is 30.0. The minimum absolute atomic E-state index is 0.551. The fourth-order valence-corrected chi connectivity index (χ4v) is 8.76. The van der Waals surface area contributed by atoms with E-state index in [4.69, 9.17) is 19.4 Å². The number of nitrogens with zero attached hydrogens (tertiary/aromatic N) is 4. The third kappa shape index (κ3) is 4.52. The molecule has 56 heavy (non-hydrogen) atoms. The van der Waals surface area contributed by atoms with Crippen molar-refractivity contribution < 1.29 is 4.42 Å². The molecule has 0 N–H and O–H groups in total. The zero-order chi connectivity index (χ0) is 36.7. The Bertz CT molecular complexity index is 3380. The van der Waals surface area contributed by atoms with E-state index in [0.717, 1.165) is 66.5 Å². The van der Waals surface area contributed by atoms with Crippen molar-refractivity contribution in [2.45, 2.75) is 0 Å². The monoisotopic (exact) mass is 714 g/mol. The summed E-state index contributed by atoms with van der Waals surface area (Å²) in [4.78, 5) is 18.4. The van der Waals surface area contributed by atoms with Crippen molar-refractivity contribution in [3.8, 4) is 45.3 Å². The molecule has 2 aromatic heterocycles. The van der Waals surface area contributed by atoms with Crippen molar-refractivity contribution in [3.05, 3.63) is 182 Å². The van der Waals surface area contributed by atoms with Gasteiger partial charge in [-0.15, -0.1) is 0 Å². The van der Waals surface area contributed by atoms with E-state index in [0.29, 0.717) is 17.5 Å². The number of anilines is 3. The first kappa shape index (κ1) is 30.8. The topological polar surface area (TPSA) is 55.1 Å². The van der Waals surface area contributed by atoms with Gasteiger partial charge < -0.3 is 9.32 Å². The Labute approximate surface area is 321 Å². The van der Waals surface area contributed by atoms with Crippen LogP contribution in [0.5, 0.6) is 0 Å². The van der Waals surface area contributed by atoms with E-state index >= 15 is 0 Å². The second-order valence-electron chi connectivity index (χ2n) is 14.3. The Morgan fingerprint density at radius 1 is 0.357 bits per heavy atom. The molecule has 0 unspecified atom stereocenters. The van der Waals surface area contributed by atoms with E-state index in [-0.39, 0.29) is 0 Å². The third-order valence-electron chi connectivity index (χ3n) is 11.2. The van der Waals surface area contributed by atoms with Crippen LogP contribution in [0, 0.1) is 0 Å². The molecule has 3 heterocycles. The third-order valence-corrected chi connectivity index (χ3v) is 11.2. The molecule has 0 spiro atoms. The van der Waals surface area contributed by atoms with Crippen LogP contribution in [0.25, 0.3) is 99.5 Å². The lowest BCUT2D eigenvalue weighted by Gasteiger charge is -2.35. The summed E-state index contributed by atoms with van der Waals surface area (Å²) >= 11 is 0. The van der Waals surface area contributed by atoms with Crippen molar-refractivity contribution in [1.82, 2.24) is 15.0 Å². The number of hydrogen-bond acceptors (Lipinski definition) is 5. The van der Waals surface area contributed by atoms with Crippen LogP contribution in [0.2, 0.25) is 0 Å². The maximum absolute atomic E-state index is 6.55. The molecule has 5 nitrogen and oxygen atoms in total. The number of hydrogen-bond donors (Lipinski definition) is 0. The minimum Gasteiger partial charge on any atom is -0.455 e. The number of rotatable bonds is 4. The van der Waals surface area contributed by atoms with E-state index in [1.54, 1.807) is 0 Å². The molecule has 5 heteroatoms. The Kier molecular flexibility index (Phi) is 6.56. The molecular weight excluding hydrogens is 685 g/mol. The van der Waals surface area contributed by atoms with Gasteiger partial charge in [0.05, 0.1) is 28.2 Å². The number of fused-ring (bicyclic) bond motifs is 8. The van der Waals surface area contributed by atoms with E-state index in [1.165, 1.54) is 32.7 Å². The molecule has 1 aliphatic heterocycles. The molecule has 0 aliphatic carbocycles. The van der Waals surface area contributed by atoms with Crippen molar-refractivity contribution in [2.75, 3.05) is 4.90 Å². The Morgan fingerprint density at radius 2 is 0.929 bits per heavy atom. The highest BCUT2D eigenvalue weighted by Crippen LogP contribution is 2.55. The predicted molar refractivity (Wildman–Crippen MR) is 230 cm³/mol. The molecule has 11 aromatic rings. The average molecular weight is 715 g/mol. The Balaban J connectivity index is 1.19. The summed E-state index contributed by atoms with van der Waals surface area (Å²) in [6.45, 7) is 0. The molecule has 0 fully saturated rings. The molecule has 260 valence electrons. The first-order chi connectivity index (χ1) is 27.8. The smallest absolute Gasteiger partial charge is 0.167 e. The van der Waals surface area contributed by atoms with E-state index < -0.39 is 0 Å². The normalized spacial score (nSPS) is 12.2. The van der Waals surface area contributed by atoms with Gasteiger partial charge in [-0.25, -0.2) is 15.0 Å². The SMILES string of the molecule is c1ccc(-c2nc(-c3c(N4c5ccc6ccccc6c5-c5cccc6cccc4c56)ccc4ccccc34)nc(-c3cccc4c3oc3ccccc34)n2)cc1. The van der Waals surface area contributed by atoms with Crippen LogP contribution in [-0.2, 0) is 0 Å². The molecule has 0 atom stereocenters. The van der Waals surface area contributed by atoms with Crippen LogP contribution in [0.15, 0.2) is 186 Å². The van der Waals surface area contributed by atoms with E-state index in [9.17, 15) is 0 Å². The van der Waals surface area contributed by atoms with Gasteiger partial charge in [0, 0.05) is 27.3 Å². The first-order valence-electron chi connectivity index (χ1n) is 18.9. The quantitative estimate of drug-likeness (QED) is 0.182. The van der Waals surface area contributed by atoms with Gasteiger partial charge in [0.15, 0.2) is 17.5 Å². The fourth-order valence-electron chi connectivity index (χ4n) is 8.76. The maximum atomic E-state index is 6.55. The van der Waals surface area contributed by atoms with Crippen LogP contribution < -0.4 is 4.90 Å². The molecule has 1 aliphatic rings. The van der Waals surface area contributed by atoms with Gasteiger partial charge in [0.25, 0.3) is 0 Å². The second kappa shape index (κ2) is 11.9. The van der Waals surface area contributed by atoms with Gasteiger partial charge in [-0.3, -0.25) is 0 Å². The van der Waals surface area contributed by atoms with Gasteiger partial charge in [0.2, 0.25) is 0 Å². The molecular formula is C51H30N4O. The Hall–Kier alpha value is -7.63. The highest BCUT2D eigenvalue weighted by molar-refractivity contribution is 6.20. The van der Waals surface area contributed by atoms with Crippen LogP contribution in [0.4, 0.5) is 17.1 Å². The van der Waals surface area contributed by atoms with Crippen LogP contribution >= 0.6 is 0 Å². The molecule has 9 aromatic carbocycles. The highest BCUT2D eigenvalue weighted by Gasteiger charge is 2.30. The number of aromatic nitrogens is 3. The molecule has 12 rings (SSSR count). The Morgan fingerprint density at radius 3 is 1.73 bits per heavy atom. The van der Waals surface area contributed by atoms with Crippen molar-refractivity contribution in [1.29, 1.82) is 0 Å². The second-order valence-corrected chi connectivity index (χ2v) is 14.3. The van der Waals surface area contributed by atoms with Gasteiger partial charge in [-0.05, 0) is 62.8 Å². The molecule has 0 saturated carbocycles. The van der Waals surface area contributed by atoms with Gasteiger partial charge in [-0.2, -0.15) is 0 Å². The summed E-state index contributed by atoms with van der Waals surface area (Å²) in [5.74, 6) is 1.73. The summed E-state index contributed by atoms with van der Waals surface area (Å²) < 4.78 is 6.55. The highest BCUT2D eigenvalue weighted by atomic mass is 16.3. The lowest BCUT2D eigenvalue weighted by molar-refractivity contribution is 0.669. The largest absolute Gasteiger partial charge is 0.455 e. The van der Waals surface area contributed by atoms with E-state index in [1.807, 2.05) is 42.5 Å². The lowest BCUT2D eigenvalue weighted by Crippen LogP contribution is -2.17. The maximum Gasteiger partial charge on any atom is 0.167 e. The molecule has 0 bridgehead atoms. The standard InChI is InChI=1S/C51H30N4O/c1-2-15-34(16-3-1)49-52-50(40-24-12-22-38-37-21-8-9-26-44(37)56-48(38)40)54-51(53-49)47-36-20-7-5-14-32(36)28-30-43(47)55-41-25-11-18-33-17-10-23-39(45(33)41)46-35-19-6-4-13-31(35)27-29-42(46)55/h1-30H. The summed E-state index contributed by atoms with van der Waals surface area (Å²) in [5.41, 5.74) is 9.88. The number of para-hydroxylation sites is 2. The van der Waals surface area contributed by atoms with Crippen LogP contribution in [0.1, 0.15) is 0 Å². The van der Waals surface area contributed by atoms with Gasteiger partial charge >= 0.3 is 0 Å². The first-order valence-corrected chi connectivity index (χ1v) is 18.9.